The zero-order chi connectivity index (χ0) is 27.8. The van der Waals surface area contributed by atoms with Gasteiger partial charge in [0.15, 0.2) is 0 Å². The van der Waals surface area contributed by atoms with Gasteiger partial charge in [-0.15, -0.1) is 5.10 Å². The molecule has 12 nitrogen and oxygen atoms in total. The van der Waals surface area contributed by atoms with Crippen LogP contribution in [0.25, 0.3) is 11.8 Å². The lowest BCUT2D eigenvalue weighted by molar-refractivity contribution is -0.117. The van der Waals surface area contributed by atoms with Gasteiger partial charge >= 0.3 is 5.97 Å². The highest BCUT2D eigenvalue weighted by molar-refractivity contribution is 6.30. The number of aliphatic hydroxyl groups excluding tert-OH is 1. The second-order valence-electron chi connectivity index (χ2n) is 8.69. The number of amides is 1. The third kappa shape index (κ3) is 7.49. The van der Waals surface area contributed by atoms with Crippen LogP contribution in [0.4, 0.5) is 5.69 Å². The number of benzene rings is 2. The summed E-state index contributed by atoms with van der Waals surface area (Å²) in [5, 5.41) is 40.9. The Hall–Kier alpha value is -4.55. The first-order valence-corrected chi connectivity index (χ1v) is 12.4. The Bertz CT molecular complexity index is 1450. The van der Waals surface area contributed by atoms with Crippen molar-refractivity contribution in [3.8, 4) is 5.69 Å². The van der Waals surface area contributed by atoms with Gasteiger partial charge in [0, 0.05) is 41.0 Å². The fraction of sp³-hybridized carbons (Fsp3) is 0.231. The topological polar surface area (TPSA) is 160 Å². The van der Waals surface area contributed by atoms with E-state index in [4.69, 9.17) is 16.7 Å². The number of anilines is 1. The van der Waals surface area contributed by atoms with E-state index >= 15 is 0 Å². The fourth-order valence-corrected chi connectivity index (χ4v) is 4.13. The van der Waals surface area contributed by atoms with E-state index in [9.17, 15) is 14.7 Å². The van der Waals surface area contributed by atoms with E-state index < -0.39 is 5.97 Å². The van der Waals surface area contributed by atoms with E-state index in [1.54, 1.807) is 41.1 Å². The third-order valence-corrected chi connectivity index (χ3v) is 6.06. The Kier molecular flexibility index (Phi) is 9.02. The van der Waals surface area contributed by atoms with Crippen LogP contribution in [0.15, 0.2) is 60.9 Å². The van der Waals surface area contributed by atoms with E-state index in [1.165, 1.54) is 29.2 Å². The van der Waals surface area contributed by atoms with Crippen LogP contribution in [-0.4, -0.2) is 71.3 Å². The number of hydrogen-bond donors (Lipinski definition) is 4. The van der Waals surface area contributed by atoms with Crippen molar-refractivity contribution < 1.29 is 19.8 Å². The summed E-state index contributed by atoms with van der Waals surface area (Å²) >= 11 is 6.17. The summed E-state index contributed by atoms with van der Waals surface area (Å²) in [7, 11) is 0. The molecule has 39 heavy (non-hydrogen) atoms. The molecule has 0 aliphatic rings. The molecule has 4 N–H and O–H groups in total. The molecular weight excluding hydrogens is 524 g/mol. The minimum atomic E-state index is -1.00. The Morgan fingerprint density at radius 2 is 1.95 bits per heavy atom. The van der Waals surface area contributed by atoms with Crippen molar-refractivity contribution >= 4 is 35.2 Å². The molecule has 13 heteroatoms. The number of aromatic carboxylic acids is 1. The van der Waals surface area contributed by atoms with Crippen molar-refractivity contribution in [1.29, 1.82) is 0 Å². The van der Waals surface area contributed by atoms with Crippen LogP contribution >= 0.6 is 11.6 Å². The van der Waals surface area contributed by atoms with Crippen LogP contribution in [0, 0.1) is 6.92 Å². The number of halogens is 1. The third-order valence-electron chi connectivity index (χ3n) is 5.83. The molecule has 2 aromatic heterocycles. The number of aryl methyl sites for hydroxylation is 1. The maximum Gasteiger partial charge on any atom is 0.335 e. The first-order chi connectivity index (χ1) is 18.8. The minimum absolute atomic E-state index is 0.0308. The van der Waals surface area contributed by atoms with Crippen LogP contribution in [0.2, 0.25) is 5.02 Å². The second-order valence-corrected chi connectivity index (χ2v) is 9.12. The van der Waals surface area contributed by atoms with Gasteiger partial charge < -0.3 is 20.8 Å². The highest BCUT2D eigenvalue weighted by Crippen LogP contribution is 2.20. The molecule has 1 atom stereocenters. The first-order valence-electron chi connectivity index (χ1n) is 12.1. The number of aliphatic hydroxyl groups is 1. The van der Waals surface area contributed by atoms with Crippen LogP contribution in [0.1, 0.15) is 27.3 Å². The van der Waals surface area contributed by atoms with Crippen LogP contribution in [0.3, 0.4) is 0 Å². The molecule has 0 spiro atoms. The monoisotopic (exact) mass is 550 g/mol. The van der Waals surface area contributed by atoms with Crippen molar-refractivity contribution in [2.75, 3.05) is 18.5 Å². The van der Waals surface area contributed by atoms with Gasteiger partial charge in [-0.1, -0.05) is 11.6 Å². The summed E-state index contributed by atoms with van der Waals surface area (Å²) in [5.74, 6) is -1.34. The van der Waals surface area contributed by atoms with Gasteiger partial charge in [0.05, 0.1) is 36.1 Å². The average molecular weight is 551 g/mol. The summed E-state index contributed by atoms with van der Waals surface area (Å²) in [6.07, 6.45) is 4.91. The van der Waals surface area contributed by atoms with E-state index in [0.717, 1.165) is 11.4 Å². The number of carboxylic acids is 1. The number of carbonyl (C=O) groups is 2. The van der Waals surface area contributed by atoms with Crippen molar-refractivity contribution in [3.05, 3.63) is 88.5 Å². The minimum Gasteiger partial charge on any atom is -0.478 e. The molecule has 0 aliphatic carbocycles. The summed E-state index contributed by atoms with van der Waals surface area (Å²) in [6, 6.07) is 13.1. The van der Waals surface area contributed by atoms with Crippen molar-refractivity contribution in [2.45, 2.75) is 25.9 Å². The number of hydrogen-bond acceptors (Lipinski definition) is 8. The number of nitrogens with one attached hydrogen (secondary N) is 2. The van der Waals surface area contributed by atoms with E-state index in [0.29, 0.717) is 41.5 Å². The quantitative estimate of drug-likeness (QED) is 0.194. The van der Waals surface area contributed by atoms with Gasteiger partial charge in [-0.2, -0.15) is 9.78 Å². The largest absolute Gasteiger partial charge is 0.478 e. The van der Waals surface area contributed by atoms with Crippen molar-refractivity contribution in [2.24, 2.45) is 0 Å². The van der Waals surface area contributed by atoms with Gasteiger partial charge in [0.25, 0.3) is 0 Å². The highest BCUT2D eigenvalue weighted by Gasteiger charge is 2.16. The lowest BCUT2D eigenvalue weighted by Crippen LogP contribution is -2.40. The number of carboxylic acid groups (broad SMARTS) is 1. The van der Waals surface area contributed by atoms with Gasteiger partial charge in [0.2, 0.25) is 5.91 Å². The number of nitrogens with zero attached hydrogens (tertiary/aromatic N) is 6. The zero-order valence-electron chi connectivity index (χ0n) is 21.0. The maximum atomic E-state index is 13.0. The Labute approximate surface area is 228 Å². The SMILES string of the molecule is Cc1cc(CC(CNc2ccc(C(=O)O)cc2)NC(=O)/C=C/c2cc(Cl)ccc2-n2cnnn2)nn1CCO. The van der Waals surface area contributed by atoms with E-state index in [1.807, 2.05) is 13.0 Å². The zero-order valence-corrected chi connectivity index (χ0v) is 21.8. The predicted octanol–water partition coefficient (Wildman–Crippen LogP) is 2.36. The van der Waals surface area contributed by atoms with Crippen molar-refractivity contribution in [1.82, 2.24) is 35.3 Å². The standard InChI is InChI=1S/C26H27ClN8O4/c1-17-12-22(31-34(17)10-11-36)14-23(15-28-21-6-2-18(3-7-21)26(38)39)30-25(37)9-4-19-13-20(27)5-8-24(19)35-16-29-32-33-35/h2-9,12-13,16,23,28,36H,10-11,14-15H2,1H3,(H,30,37)(H,38,39)/b9-4+. The van der Waals surface area contributed by atoms with Crippen LogP contribution in [0.5, 0.6) is 0 Å². The molecule has 0 aliphatic heterocycles. The normalized spacial score (nSPS) is 12.0. The molecule has 0 bridgehead atoms. The molecule has 0 radical (unpaired) electrons. The fourth-order valence-electron chi connectivity index (χ4n) is 3.95. The summed E-state index contributed by atoms with van der Waals surface area (Å²) in [6.45, 7) is 2.60. The lowest BCUT2D eigenvalue weighted by atomic mass is 10.1. The Balaban J connectivity index is 1.49. The molecule has 2 heterocycles. The first kappa shape index (κ1) is 27.5. The number of aromatic nitrogens is 6. The van der Waals surface area contributed by atoms with Gasteiger partial charge in [0.1, 0.15) is 6.33 Å². The number of tetrazole rings is 1. The molecular formula is C26H27ClN8O4. The molecule has 0 saturated carbocycles. The summed E-state index contributed by atoms with van der Waals surface area (Å²) in [5.41, 5.74) is 3.86. The van der Waals surface area contributed by atoms with Gasteiger partial charge in [-0.05, 0) is 72.0 Å². The number of carbonyl (C=O) groups excluding carboxylic acids is 1. The molecule has 1 unspecified atom stereocenters. The maximum absolute atomic E-state index is 13.0. The molecule has 202 valence electrons. The van der Waals surface area contributed by atoms with E-state index in [2.05, 4.69) is 31.3 Å². The second kappa shape index (κ2) is 12.8. The Morgan fingerprint density at radius 3 is 2.64 bits per heavy atom. The Morgan fingerprint density at radius 1 is 1.15 bits per heavy atom. The molecule has 4 aromatic rings. The molecule has 0 fully saturated rings. The van der Waals surface area contributed by atoms with E-state index in [-0.39, 0.29) is 24.1 Å². The average Bonchev–Trinajstić information content (AvgIpc) is 3.56. The van der Waals surface area contributed by atoms with Crippen LogP contribution < -0.4 is 10.6 Å². The van der Waals surface area contributed by atoms with Gasteiger partial charge in [-0.25, -0.2) is 4.79 Å². The van der Waals surface area contributed by atoms with Gasteiger partial charge in [-0.3, -0.25) is 9.48 Å². The summed E-state index contributed by atoms with van der Waals surface area (Å²) < 4.78 is 3.19. The van der Waals surface area contributed by atoms with Crippen LogP contribution in [-0.2, 0) is 17.8 Å². The smallest absolute Gasteiger partial charge is 0.335 e. The highest BCUT2D eigenvalue weighted by atomic mass is 35.5. The lowest BCUT2D eigenvalue weighted by Gasteiger charge is -2.18. The molecule has 0 saturated heterocycles. The molecule has 4 rings (SSSR count). The van der Waals surface area contributed by atoms with Crippen molar-refractivity contribution in [3.63, 3.8) is 0 Å². The number of rotatable bonds is 12. The molecule has 2 aromatic carbocycles. The molecule has 1 amide bonds. The summed E-state index contributed by atoms with van der Waals surface area (Å²) in [4.78, 5) is 24.1. The predicted molar refractivity (Wildman–Crippen MR) is 145 cm³/mol.